The molecule has 0 atom stereocenters. The van der Waals surface area contributed by atoms with Crippen LogP contribution in [0.1, 0.15) is 36.7 Å². The lowest BCUT2D eigenvalue weighted by atomic mass is 10.1. The zero-order valence-electron chi connectivity index (χ0n) is 17.7. The summed E-state index contributed by atoms with van der Waals surface area (Å²) in [7, 11) is 0. The van der Waals surface area contributed by atoms with Crippen LogP contribution < -0.4 is 19.5 Å². The molecular weight excluding hydrogens is 400 g/mol. The molecule has 0 aliphatic carbocycles. The van der Waals surface area contributed by atoms with Gasteiger partial charge in [0.15, 0.2) is 16.6 Å². The van der Waals surface area contributed by atoms with Gasteiger partial charge < -0.3 is 14.2 Å². The van der Waals surface area contributed by atoms with E-state index in [1.807, 2.05) is 57.3 Å². The molecule has 1 aromatic heterocycles. The highest BCUT2D eigenvalue weighted by Crippen LogP contribution is 2.39. The molecule has 6 nitrogen and oxygen atoms in total. The van der Waals surface area contributed by atoms with Gasteiger partial charge in [0.05, 0.1) is 25.5 Å². The number of carbonyl (C=O) groups excluding carboxylic acids is 1. The fraction of sp³-hybridized carbons (Fsp3) is 0.304. The highest BCUT2D eigenvalue weighted by atomic mass is 32.1. The maximum absolute atomic E-state index is 12.9. The van der Waals surface area contributed by atoms with Crippen molar-refractivity contribution < 1.29 is 19.0 Å². The molecule has 0 aliphatic rings. The summed E-state index contributed by atoms with van der Waals surface area (Å²) in [5.74, 6) is 1.18. The summed E-state index contributed by atoms with van der Waals surface area (Å²) in [6, 6.07) is 11.5. The number of amides is 1. The van der Waals surface area contributed by atoms with E-state index in [9.17, 15) is 4.79 Å². The van der Waals surface area contributed by atoms with Gasteiger partial charge in [-0.15, -0.1) is 11.3 Å². The Morgan fingerprint density at radius 1 is 0.967 bits per heavy atom. The lowest BCUT2D eigenvalue weighted by molar-refractivity contribution is 0.102. The molecule has 1 heterocycles. The lowest BCUT2D eigenvalue weighted by Crippen LogP contribution is -2.13. The molecule has 2 aromatic carbocycles. The number of aromatic nitrogens is 1. The van der Waals surface area contributed by atoms with Crippen molar-refractivity contribution in [1.29, 1.82) is 0 Å². The highest BCUT2D eigenvalue weighted by molar-refractivity contribution is 7.14. The van der Waals surface area contributed by atoms with Gasteiger partial charge in [0.1, 0.15) is 0 Å². The lowest BCUT2D eigenvalue weighted by Gasteiger charge is -2.16. The molecule has 0 radical (unpaired) electrons. The summed E-state index contributed by atoms with van der Waals surface area (Å²) in [5, 5.41) is 5.32. The van der Waals surface area contributed by atoms with Gasteiger partial charge in [0.2, 0.25) is 5.75 Å². The van der Waals surface area contributed by atoms with Gasteiger partial charge >= 0.3 is 0 Å². The number of carbonyl (C=O) groups is 1. The Bertz CT molecular complexity index is 972. The van der Waals surface area contributed by atoms with E-state index in [0.717, 1.165) is 11.3 Å². The number of nitrogens with zero attached hydrogens (tertiary/aromatic N) is 1. The second-order valence-electron chi connectivity index (χ2n) is 6.46. The van der Waals surface area contributed by atoms with Crippen molar-refractivity contribution in [2.75, 3.05) is 25.1 Å². The molecule has 7 heteroatoms. The van der Waals surface area contributed by atoms with Crippen LogP contribution in [-0.2, 0) is 0 Å². The van der Waals surface area contributed by atoms with Crippen LogP contribution in [0.2, 0.25) is 0 Å². The largest absolute Gasteiger partial charge is 0.490 e. The molecule has 0 saturated heterocycles. The van der Waals surface area contributed by atoms with Gasteiger partial charge in [-0.1, -0.05) is 29.8 Å². The first-order valence-electron chi connectivity index (χ1n) is 9.96. The second-order valence-corrected chi connectivity index (χ2v) is 7.32. The van der Waals surface area contributed by atoms with E-state index in [1.165, 1.54) is 16.9 Å². The molecule has 0 unspecified atom stereocenters. The Morgan fingerprint density at radius 2 is 1.57 bits per heavy atom. The van der Waals surface area contributed by atoms with Crippen molar-refractivity contribution in [3.05, 3.63) is 52.9 Å². The Balaban J connectivity index is 1.85. The number of rotatable bonds is 9. The average Bonchev–Trinajstić information content (AvgIpc) is 3.19. The molecular formula is C23H26N2O4S. The standard InChI is InChI=1S/C23H26N2O4S/c1-5-27-19-12-17(13-20(28-6-2)21(19)29-7-3)22(26)25-23-24-18(14-30-23)16-10-8-15(4)9-11-16/h8-14H,5-7H2,1-4H3,(H,24,25,26). The quantitative estimate of drug-likeness (QED) is 0.485. The minimum absolute atomic E-state index is 0.287. The Hall–Kier alpha value is -3.06. The van der Waals surface area contributed by atoms with Crippen LogP contribution in [0.15, 0.2) is 41.8 Å². The Kier molecular flexibility index (Phi) is 7.30. The molecule has 30 heavy (non-hydrogen) atoms. The molecule has 158 valence electrons. The highest BCUT2D eigenvalue weighted by Gasteiger charge is 2.19. The number of nitrogens with one attached hydrogen (secondary N) is 1. The van der Waals surface area contributed by atoms with E-state index in [-0.39, 0.29) is 5.91 Å². The van der Waals surface area contributed by atoms with E-state index in [2.05, 4.69) is 10.3 Å². The summed E-state index contributed by atoms with van der Waals surface area (Å²) in [5.41, 5.74) is 3.44. The monoisotopic (exact) mass is 426 g/mol. The first-order chi connectivity index (χ1) is 14.5. The molecule has 1 amide bonds. The van der Waals surface area contributed by atoms with Crippen molar-refractivity contribution in [2.24, 2.45) is 0 Å². The minimum atomic E-state index is -0.287. The summed E-state index contributed by atoms with van der Waals surface area (Å²) in [4.78, 5) is 17.4. The molecule has 3 aromatic rings. The van der Waals surface area contributed by atoms with Gasteiger partial charge in [-0.3, -0.25) is 10.1 Å². The number of thiazole rings is 1. The predicted molar refractivity (Wildman–Crippen MR) is 120 cm³/mol. The predicted octanol–water partition coefficient (Wildman–Crippen LogP) is 5.57. The molecule has 1 N–H and O–H groups in total. The van der Waals surface area contributed by atoms with Crippen LogP contribution in [0, 0.1) is 6.92 Å². The fourth-order valence-corrected chi connectivity index (χ4v) is 3.59. The maximum atomic E-state index is 12.9. The third-order valence-electron chi connectivity index (χ3n) is 4.24. The van der Waals surface area contributed by atoms with Gasteiger partial charge in [0, 0.05) is 16.5 Å². The molecule has 3 rings (SSSR count). The van der Waals surface area contributed by atoms with E-state index in [0.29, 0.717) is 47.8 Å². The molecule has 0 fully saturated rings. The smallest absolute Gasteiger partial charge is 0.257 e. The number of hydrogen-bond donors (Lipinski definition) is 1. The van der Waals surface area contributed by atoms with Crippen LogP contribution in [0.4, 0.5) is 5.13 Å². The van der Waals surface area contributed by atoms with Gasteiger partial charge in [-0.25, -0.2) is 4.98 Å². The first kappa shape index (κ1) is 21.6. The number of hydrogen-bond acceptors (Lipinski definition) is 6. The van der Waals surface area contributed by atoms with Crippen molar-refractivity contribution in [3.8, 4) is 28.5 Å². The average molecular weight is 427 g/mol. The summed E-state index contributed by atoms with van der Waals surface area (Å²) in [6.07, 6.45) is 0. The van der Waals surface area contributed by atoms with Crippen LogP contribution in [0.5, 0.6) is 17.2 Å². The number of benzene rings is 2. The van der Waals surface area contributed by atoms with Crippen molar-refractivity contribution in [3.63, 3.8) is 0 Å². The third-order valence-corrected chi connectivity index (χ3v) is 5.00. The zero-order chi connectivity index (χ0) is 21.5. The van der Waals surface area contributed by atoms with Crippen molar-refractivity contribution in [1.82, 2.24) is 4.98 Å². The van der Waals surface area contributed by atoms with E-state index in [4.69, 9.17) is 14.2 Å². The summed E-state index contributed by atoms with van der Waals surface area (Å²) < 4.78 is 17.1. The summed E-state index contributed by atoms with van der Waals surface area (Å²) >= 11 is 1.38. The number of ether oxygens (including phenoxy) is 3. The van der Waals surface area contributed by atoms with Gasteiger partial charge in [-0.2, -0.15) is 0 Å². The number of anilines is 1. The Labute approximate surface area is 180 Å². The molecule has 0 saturated carbocycles. The van der Waals surface area contributed by atoms with Crippen LogP contribution in [0.25, 0.3) is 11.3 Å². The molecule has 0 aliphatic heterocycles. The summed E-state index contributed by atoms with van der Waals surface area (Å²) in [6.45, 7) is 9.05. The molecule has 0 bridgehead atoms. The zero-order valence-corrected chi connectivity index (χ0v) is 18.5. The van der Waals surface area contributed by atoms with E-state index >= 15 is 0 Å². The minimum Gasteiger partial charge on any atom is -0.490 e. The van der Waals surface area contributed by atoms with Crippen LogP contribution >= 0.6 is 11.3 Å². The van der Waals surface area contributed by atoms with Crippen LogP contribution in [0.3, 0.4) is 0 Å². The molecule has 0 spiro atoms. The van der Waals surface area contributed by atoms with E-state index in [1.54, 1.807) is 12.1 Å². The second kappa shape index (κ2) is 10.1. The first-order valence-corrected chi connectivity index (χ1v) is 10.8. The Morgan fingerprint density at radius 3 is 2.13 bits per heavy atom. The SMILES string of the molecule is CCOc1cc(C(=O)Nc2nc(-c3ccc(C)cc3)cs2)cc(OCC)c1OCC. The van der Waals surface area contributed by atoms with Gasteiger partial charge in [-0.05, 0) is 39.8 Å². The normalized spacial score (nSPS) is 10.5. The van der Waals surface area contributed by atoms with Crippen molar-refractivity contribution in [2.45, 2.75) is 27.7 Å². The third kappa shape index (κ3) is 5.10. The van der Waals surface area contributed by atoms with E-state index < -0.39 is 0 Å². The maximum Gasteiger partial charge on any atom is 0.257 e. The van der Waals surface area contributed by atoms with Crippen LogP contribution in [-0.4, -0.2) is 30.7 Å². The number of aryl methyl sites for hydroxylation is 1. The van der Waals surface area contributed by atoms with Gasteiger partial charge in [0.25, 0.3) is 5.91 Å². The topological polar surface area (TPSA) is 69.7 Å². The van der Waals surface area contributed by atoms with Crippen molar-refractivity contribution >= 4 is 22.4 Å². The fourth-order valence-electron chi connectivity index (χ4n) is 2.88.